The lowest BCUT2D eigenvalue weighted by atomic mass is 10.1. The van der Waals surface area contributed by atoms with E-state index in [0.717, 1.165) is 17.3 Å². The van der Waals surface area contributed by atoms with E-state index in [1.54, 1.807) is 49.4 Å². The lowest BCUT2D eigenvalue weighted by Gasteiger charge is -2.03. The normalized spacial score (nSPS) is 16.4. The van der Waals surface area contributed by atoms with Crippen LogP contribution in [0.3, 0.4) is 0 Å². The summed E-state index contributed by atoms with van der Waals surface area (Å²) in [6.07, 6.45) is 1.65. The first kappa shape index (κ1) is 22.1. The molecule has 1 aliphatic rings. The van der Waals surface area contributed by atoms with Crippen molar-refractivity contribution in [2.45, 2.75) is 13.8 Å². The van der Waals surface area contributed by atoms with Crippen molar-refractivity contribution in [2.75, 3.05) is 6.61 Å². The fourth-order valence-corrected chi connectivity index (χ4v) is 4.16. The van der Waals surface area contributed by atoms with Gasteiger partial charge in [0, 0.05) is 5.56 Å². The molecule has 0 aliphatic carbocycles. The molecular formula is C22H18INO5S. The Morgan fingerprint density at radius 3 is 2.50 bits per heavy atom. The molecule has 1 aliphatic heterocycles. The Morgan fingerprint density at radius 1 is 1.17 bits per heavy atom. The summed E-state index contributed by atoms with van der Waals surface area (Å²) in [7, 11) is 0. The number of ether oxygens (including phenoxy) is 1. The number of esters is 1. The highest BCUT2D eigenvalue weighted by atomic mass is 127. The van der Waals surface area contributed by atoms with Crippen LogP contribution in [0.1, 0.15) is 28.4 Å². The molecule has 0 atom stereocenters. The number of phenols is 1. The van der Waals surface area contributed by atoms with Gasteiger partial charge in [0.1, 0.15) is 22.1 Å². The Balaban J connectivity index is 2.01. The van der Waals surface area contributed by atoms with Crippen molar-refractivity contribution in [1.29, 1.82) is 0 Å². The summed E-state index contributed by atoms with van der Waals surface area (Å²) in [5, 5.41) is 20.4. The van der Waals surface area contributed by atoms with Crippen LogP contribution in [0.2, 0.25) is 0 Å². The second-order valence-corrected chi connectivity index (χ2v) is 8.55. The standard InChI is InChI=1S/C22H18INO5S/c1-3-29-22(28)18-19(26)17(11-13-6-9-16(25)15(23)10-13)30-21(18)24-20(27)14-7-4-12(2)5-8-14/h4-11,25-26H,3H2,1-2H3/b17-11-,24-21?. The summed E-state index contributed by atoms with van der Waals surface area (Å²) in [6.45, 7) is 3.68. The summed E-state index contributed by atoms with van der Waals surface area (Å²) in [5.74, 6) is -1.42. The first-order valence-corrected chi connectivity index (χ1v) is 10.9. The summed E-state index contributed by atoms with van der Waals surface area (Å²) < 4.78 is 5.68. The number of aromatic hydroxyl groups is 1. The van der Waals surface area contributed by atoms with Crippen LogP contribution in [-0.2, 0) is 9.53 Å². The van der Waals surface area contributed by atoms with E-state index in [0.29, 0.717) is 19.6 Å². The zero-order valence-corrected chi connectivity index (χ0v) is 19.2. The highest BCUT2D eigenvalue weighted by Crippen LogP contribution is 2.39. The number of carbonyl (C=O) groups is 2. The molecule has 0 saturated heterocycles. The van der Waals surface area contributed by atoms with Crippen LogP contribution in [0.25, 0.3) is 6.08 Å². The quantitative estimate of drug-likeness (QED) is 0.423. The fourth-order valence-electron chi connectivity index (χ4n) is 2.61. The number of amides is 1. The third kappa shape index (κ3) is 4.93. The van der Waals surface area contributed by atoms with E-state index < -0.39 is 11.9 Å². The zero-order valence-electron chi connectivity index (χ0n) is 16.2. The fraction of sp³-hybridized carbons (Fsp3) is 0.136. The number of nitrogens with zero attached hydrogens (tertiary/aromatic N) is 1. The minimum Gasteiger partial charge on any atom is -0.507 e. The summed E-state index contributed by atoms with van der Waals surface area (Å²) >= 11 is 3.01. The molecule has 0 spiro atoms. The van der Waals surface area contributed by atoms with E-state index in [1.807, 2.05) is 29.5 Å². The maximum atomic E-state index is 12.6. The van der Waals surface area contributed by atoms with Crippen molar-refractivity contribution in [1.82, 2.24) is 0 Å². The van der Waals surface area contributed by atoms with Crippen molar-refractivity contribution >= 4 is 57.3 Å². The van der Waals surface area contributed by atoms with Crippen LogP contribution in [0.5, 0.6) is 5.75 Å². The lowest BCUT2D eigenvalue weighted by Crippen LogP contribution is -2.14. The number of benzene rings is 2. The molecule has 30 heavy (non-hydrogen) atoms. The number of aliphatic hydroxyl groups excluding tert-OH is 1. The molecule has 1 heterocycles. The molecule has 2 N–H and O–H groups in total. The Bertz CT molecular complexity index is 1100. The molecular weight excluding hydrogens is 517 g/mol. The number of thioether (sulfide) groups is 1. The number of aryl methyl sites for hydroxylation is 1. The summed E-state index contributed by atoms with van der Waals surface area (Å²) in [5.41, 5.74) is 1.96. The molecule has 2 aromatic rings. The number of phenolic OH excluding ortho intramolecular Hbond substituents is 1. The van der Waals surface area contributed by atoms with E-state index in [-0.39, 0.29) is 28.7 Å². The van der Waals surface area contributed by atoms with Crippen molar-refractivity contribution in [3.63, 3.8) is 0 Å². The second kappa shape index (κ2) is 9.48. The lowest BCUT2D eigenvalue weighted by molar-refractivity contribution is -0.138. The third-order valence-electron chi connectivity index (χ3n) is 4.14. The van der Waals surface area contributed by atoms with Crippen LogP contribution < -0.4 is 0 Å². The van der Waals surface area contributed by atoms with Crippen molar-refractivity contribution in [3.05, 3.63) is 79.0 Å². The van der Waals surface area contributed by atoms with Gasteiger partial charge in [0.15, 0.2) is 0 Å². The smallest absolute Gasteiger partial charge is 0.344 e. The molecule has 0 fully saturated rings. The van der Waals surface area contributed by atoms with E-state index >= 15 is 0 Å². The first-order valence-electron chi connectivity index (χ1n) is 8.99. The average Bonchev–Trinajstić information content (AvgIpc) is 3.00. The Morgan fingerprint density at radius 2 is 1.87 bits per heavy atom. The Kier molecular flexibility index (Phi) is 6.99. The largest absolute Gasteiger partial charge is 0.507 e. The molecule has 0 radical (unpaired) electrons. The molecule has 2 aromatic carbocycles. The zero-order chi connectivity index (χ0) is 21.8. The van der Waals surface area contributed by atoms with Crippen LogP contribution in [0, 0.1) is 10.5 Å². The number of aliphatic imine (C=N–C) groups is 1. The minimum atomic E-state index is -0.748. The van der Waals surface area contributed by atoms with Gasteiger partial charge in [0.25, 0.3) is 5.91 Å². The van der Waals surface area contributed by atoms with Crippen LogP contribution >= 0.6 is 34.4 Å². The number of hydrogen-bond donors (Lipinski definition) is 2. The average molecular weight is 535 g/mol. The number of aliphatic hydroxyl groups is 1. The van der Waals surface area contributed by atoms with Gasteiger partial charge in [-0.25, -0.2) is 9.79 Å². The van der Waals surface area contributed by atoms with Crippen molar-refractivity contribution in [3.8, 4) is 5.75 Å². The number of hydrogen-bond acceptors (Lipinski definition) is 6. The first-order chi connectivity index (χ1) is 14.3. The molecule has 6 nitrogen and oxygen atoms in total. The van der Waals surface area contributed by atoms with Gasteiger partial charge in [-0.05, 0) is 72.3 Å². The highest BCUT2D eigenvalue weighted by molar-refractivity contribution is 14.1. The second-order valence-electron chi connectivity index (χ2n) is 6.35. The molecule has 8 heteroatoms. The topological polar surface area (TPSA) is 96.2 Å². The molecule has 1 amide bonds. The van der Waals surface area contributed by atoms with Gasteiger partial charge in [0.05, 0.1) is 15.1 Å². The monoisotopic (exact) mass is 535 g/mol. The summed E-state index contributed by atoms with van der Waals surface area (Å²) in [4.78, 5) is 29.4. The predicted octanol–water partition coefficient (Wildman–Crippen LogP) is 5.01. The van der Waals surface area contributed by atoms with Crippen LogP contribution in [0.15, 0.2) is 63.7 Å². The third-order valence-corrected chi connectivity index (χ3v) is 6.03. The van der Waals surface area contributed by atoms with Gasteiger partial charge in [-0.15, -0.1) is 0 Å². The van der Waals surface area contributed by atoms with Gasteiger partial charge in [-0.1, -0.05) is 35.5 Å². The Labute approximate surface area is 191 Å². The van der Waals surface area contributed by atoms with E-state index in [9.17, 15) is 19.8 Å². The van der Waals surface area contributed by atoms with Crippen molar-refractivity contribution < 1.29 is 24.5 Å². The van der Waals surface area contributed by atoms with Crippen molar-refractivity contribution in [2.24, 2.45) is 4.99 Å². The van der Waals surface area contributed by atoms with Gasteiger partial charge >= 0.3 is 5.97 Å². The number of rotatable bonds is 4. The van der Waals surface area contributed by atoms with Gasteiger partial charge in [-0.2, -0.15) is 0 Å². The highest BCUT2D eigenvalue weighted by Gasteiger charge is 2.34. The molecule has 0 unspecified atom stereocenters. The predicted molar refractivity (Wildman–Crippen MR) is 126 cm³/mol. The Hall–Kier alpha value is -2.59. The number of carbonyl (C=O) groups excluding carboxylic acids is 2. The van der Waals surface area contributed by atoms with E-state index in [1.165, 1.54) is 6.07 Å². The minimum absolute atomic E-state index is 0.0799. The van der Waals surface area contributed by atoms with Gasteiger partial charge in [-0.3, -0.25) is 4.79 Å². The van der Waals surface area contributed by atoms with Gasteiger partial charge < -0.3 is 14.9 Å². The molecule has 3 rings (SSSR count). The molecule has 0 aromatic heterocycles. The number of halogens is 1. The molecule has 0 bridgehead atoms. The SMILES string of the molecule is CCOC(=O)C1=C(O)/C(=C/c2ccc(O)c(I)c2)SC1=NC(=O)c1ccc(C)cc1. The molecule has 154 valence electrons. The maximum absolute atomic E-state index is 12.6. The van der Waals surface area contributed by atoms with Gasteiger partial charge in [0.2, 0.25) is 0 Å². The maximum Gasteiger partial charge on any atom is 0.344 e. The van der Waals surface area contributed by atoms with E-state index in [2.05, 4.69) is 4.99 Å². The summed E-state index contributed by atoms with van der Waals surface area (Å²) in [6, 6.07) is 11.9. The molecule has 0 saturated carbocycles. The van der Waals surface area contributed by atoms with E-state index in [4.69, 9.17) is 4.74 Å². The van der Waals surface area contributed by atoms with Crippen LogP contribution in [-0.4, -0.2) is 33.7 Å². The van der Waals surface area contributed by atoms with Crippen LogP contribution in [0.4, 0.5) is 0 Å².